The van der Waals surface area contributed by atoms with Crippen LogP contribution in [0.15, 0.2) is 30.3 Å². The summed E-state index contributed by atoms with van der Waals surface area (Å²) in [7, 11) is 0. The van der Waals surface area contributed by atoms with Gasteiger partial charge in [-0.2, -0.15) is 0 Å². The van der Waals surface area contributed by atoms with Gasteiger partial charge in [0.05, 0.1) is 5.75 Å². The maximum absolute atomic E-state index is 12.1. The molecule has 6 heteroatoms. The molecule has 0 bridgehead atoms. The van der Waals surface area contributed by atoms with Gasteiger partial charge in [0, 0.05) is 12.3 Å². The number of carbonyl (C=O) groups excluding carboxylic acids is 1. The highest BCUT2D eigenvalue weighted by Gasteiger charge is 2.12. The number of thioether (sulfide) groups is 1. The molecule has 0 saturated carbocycles. The van der Waals surface area contributed by atoms with E-state index in [1.165, 1.54) is 38.9 Å². The summed E-state index contributed by atoms with van der Waals surface area (Å²) in [6.45, 7) is 11.6. The number of benzene rings is 2. The van der Waals surface area contributed by atoms with Crippen LogP contribution in [0.4, 0.5) is 0 Å². The lowest BCUT2D eigenvalue weighted by atomic mass is 9.90. The zero-order valence-corrected chi connectivity index (χ0v) is 19.6. The molecule has 0 radical (unpaired) electrons. The molecule has 0 heterocycles. The van der Waals surface area contributed by atoms with Crippen molar-refractivity contribution in [2.24, 2.45) is 0 Å². The normalized spacial score (nSPS) is 10.5. The summed E-state index contributed by atoms with van der Waals surface area (Å²) in [6.07, 6.45) is 0.876. The molecule has 0 atom stereocenters. The summed E-state index contributed by atoms with van der Waals surface area (Å²) in [4.78, 5) is 12.1. The van der Waals surface area contributed by atoms with Crippen molar-refractivity contribution in [1.29, 1.82) is 0 Å². The molecule has 0 spiro atoms. The molecule has 29 heavy (non-hydrogen) atoms. The van der Waals surface area contributed by atoms with Crippen LogP contribution in [0.1, 0.15) is 38.9 Å². The number of hydrazine groups is 1. The maximum atomic E-state index is 12.1. The van der Waals surface area contributed by atoms with E-state index in [2.05, 4.69) is 62.9 Å². The Labute approximate surface area is 184 Å². The quantitative estimate of drug-likeness (QED) is 0.455. The van der Waals surface area contributed by atoms with Gasteiger partial charge in [-0.05, 0) is 92.2 Å². The average molecular weight is 430 g/mol. The number of thiocarbonyl (C=S) groups is 1. The lowest BCUT2D eigenvalue weighted by Gasteiger charge is -2.18. The average Bonchev–Trinajstić information content (AvgIpc) is 2.72. The Hall–Kier alpha value is -2.05. The van der Waals surface area contributed by atoms with Crippen LogP contribution in [0.3, 0.4) is 0 Å². The van der Waals surface area contributed by atoms with E-state index in [-0.39, 0.29) is 5.91 Å². The predicted molar refractivity (Wildman–Crippen MR) is 128 cm³/mol. The van der Waals surface area contributed by atoms with E-state index >= 15 is 0 Å². The summed E-state index contributed by atoms with van der Waals surface area (Å²) < 4.78 is 0. The molecule has 2 aromatic rings. The van der Waals surface area contributed by atoms with E-state index in [1.54, 1.807) is 11.8 Å². The number of hydrogen-bond donors (Lipinski definition) is 3. The number of carbonyl (C=O) groups is 1. The molecule has 2 rings (SSSR count). The summed E-state index contributed by atoms with van der Waals surface area (Å²) in [6, 6.07) is 10.2. The van der Waals surface area contributed by atoms with E-state index in [0.717, 1.165) is 12.2 Å². The van der Waals surface area contributed by atoms with Crippen molar-refractivity contribution < 1.29 is 4.79 Å². The lowest BCUT2D eigenvalue weighted by Crippen LogP contribution is -2.47. The Morgan fingerprint density at radius 2 is 1.48 bits per heavy atom. The second-order valence-corrected chi connectivity index (χ2v) is 8.65. The first-order valence-electron chi connectivity index (χ1n) is 9.81. The van der Waals surface area contributed by atoms with Gasteiger partial charge in [0.2, 0.25) is 5.91 Å². The van der Waals surface area contributed by atoms with Gasteiger partial charge in [-0.1, -0.05) is 30.3 Å². The van der Waals surface area contributed by atoms with Crippen molar-refractivity contribution in [1.82, 2.24) is 16.2 Å². The minimum atomic E-state index is -0.0851. The van der Waals surface area contributed by atoms with Crippen LogP contribution in [0.5, 0.6) is 0 Å². The first-order valence-corrected chi connectivity index (χ1v) is 11.4. The fraction of sp³-hybridized carbons (Fsp3) is 0.391. The number of nitrogens with one attached hydrogen (secondary N) is 3. The van der Waals surface area contributed by atoms with E-state index in [0.29, 0.717) is 17.4 Å². The first-order chi connectivity index (χ1) is 13.8. The minimum Gasteiger partial charge on any atom is -0.361 e. The van der Waals surface area contributed by atoms with Crippen molar-refractivity contribution >= 4 is 35.0 Å². The Morgan fingerprint density at radius 3 is 2.10 bits per heavy atom. The van der Waals surface area contributed by atoms with Crippen LogP contribution < -0.4 is 16.2 Å². The van der Waals surface area contributed by atoms with Crippen molar-refractivity contribution in [3.63, 3.8) is 0 Å². The standard InChI is InChI=1S/C23H31N3OS2/c1-15-16(2)18(4)21(19(5)17(15)3)13-29-14-22(27)25-26-23(28)24-12-11-20-9-7-6-8-10-20/h6-10H,11-14H2,1-5H3,(H,25,27)(H2,24,26,28). The van der Waals surface area contributed by atoms with Gasteiger partial charge >= 0.3 is 0 Å². The third kappa shape index (κ3) is 6.75. The van der Waals surface area contributed by atoms with E-state index in [1.807, 2.05) is 18.2 Å². The zero-order chi connectivity index (χ0) is 21.4. The van der Waals surface area contributed by atoms with Gasteiger partial charge in [-0.3, -0.25) is 15.6 Å². The van der Waals surface area contributed by atoms with Crippen molar-refractivity contribution in [2.75, 3.05) is 12.3 Å². The molecule has 0 fully saturated rings. The molecular formula is C23H31N3OS2. The SMILES string of the molecule is Cc1c(C)c(C)c(CSCC(=O)NNC(=S)NCCc2ccccc2)c(C)c1C. The monoisotopic (exact) mass is 429 g/mol. The summed E-state index contributed by atoms with van der Waals surface area (Å²) in [5, 5.41) is 3.53. The number of hydrogen-bond acceptors (Lipinski definition) is 3. The predicted octanol–water partition coefficient (Wildman–Crippen LogP) is 4.20. The molecule has 4 nitrogen and oxygen atoms in total. The Kier molecular flexibility index (Phi) is 8.99. The van der Waals surface area contributed by atoms with Gasteiger partial charge in [-0.25, -0.2) is 0 Å². The van der Waals surface area contributed by atoms with Crippen LogP contribution in [0, 0.1) is 34.6 Å². The highest BCUT2D eigenvalue weighted by atomic mass is 32.2. The van der Waals surface area contributed by atoms with Gasteiger partial charge in [-0.15, -0.1) is 11.8 Å². The van der Waals surface area contributed by atoms with Gasteiger partial charge in [0.25, 0.3) is 0 Å². The molecule has 3 N–H and O–H groups in total. The fourth-order valence-corrected chi connectivity index (χ4v) is 4.36. The highest BCUT2D eigenvalue weighted by Crippen LogP contribution is 2.28. The molecular weight excluding hydrogens is 398 g/mol. The smallest absolute Gasteiger partial charge is 0.248 e. The second kappa shape index (κ2) is 11.2. The van der Waals surface area contributed by atoms with Crippen LogP contribution in [-0.4, -0.2) is 23.3 Å². The maximum Gasteiger partial charge on any atom is 0.248 e. The fourth-order valence-electron chi connectivity index (χ4n) is 3.21. The van der Waals surface area contributed by atoms with Crippen molar-refractivity contribution in [3.8, 4) is 0 Å². The van der Waals surface area contributed by atoms with Crippen LogP contribution in [-0.2, 0) is 17.0 Å². The molecule has 0 aliphatic heterocycles. The molecule has 1 amide bonds. The van der Waals surface area contributed by atoms with E-state index in [4.69, 9.17) is 12.2 Å². The van der Waals surface area contributed by atoms with Crippen LogP contribution >= 0.6 is 24.0 Å². The van der Waals surface area contributed by atoms with Gasteiger partial charge in [0.1, 0.15) is 0 Å². The van der Waals surface area contributed by atoms with E-state index in [9.17, 15) is 4.79 Å². The molecule has 2 aromatic carbocycles. The Morgan fingerprint density at radius 1 is 0.897 bits per heavy atom. The summed E-state index contributed by atoms with van der Waals surface area (Å²) in [5.41, 5.74) is 14.8. The minimum absolute atomic E-state index is 0.0851. The number of amides is 1. The topological polar surface area (TPSA) is 53.2 Å². The molecule has 0 unspecified atom stereocenters. The van der Waals surface area contributed by atoms with Crippen LogP contribution in [0.25, 0.3) is 0 Å². The first kappa shape index (κ1) is 23.2. The largest absolute Gasteiger partial charge is 0.361 e. The molecule has 0 aliphatic carbocycles. The summed E-state index contributed by atoms with van der Waals surface area (Å²) in [5.74, 6) is 1.12. The zero-order valence-electron chi connectivity index (χ0n) is 17.9. The summed E-state index contributed by atoms with van der Waals surface area (Å²) >= 11 is 6.83. The molecule has 0 aromatic heterocycles. The Bertz CT molecular complexity index is 837. The van der Waals surface area contributed by atoms with Crippen molar-refractivity contribution in [2.45, 2.75) is 46.8 Å². The van der Waals surface area contributed by atoms with Gasteiger partial charge in [0.15, 0.2) is 5.11 Å². The molecule has 0 aliphatic rings. The van der Waals surface area contributed by atoms with Gasteiger partial charge < -0.3 is 5.32 Å². The van der Waals surface area contributed by atoms with Crippen molar-refractivity contribution in [3.05, 3.63) is 69.3 Å². The molecule has 0 saturated heterocycles. The molecule has 156 valence electrons. The third-order valence-electron chi connectivity index (χ3n) is 5.49. The third-order valence-corrected chi connectivity index (χ3v) is 6.70. The number of rotatable bonds is 7. The lowest BCUT2D eigenvalue weighted by molar-refractivity contribution is -0.119. The Balaban J connectivity index is 1.70. The second-order valence-electron chi connectivity index (χ2n) is 7.26. The highest BCUT2D eigenvalue weighted by molar-refractivity contribution is 7.99. The van der Waals surface area contributed by atoms with Crippen LogP contribution in [0.2, 0.25) is 0 Å². The van der Waals surface area contributed by atoms with E-state index < -0.39 is 0 Å².